The van der Waals surface area contributed by atoms with Crippen LogP contribution in [0.4, 0.5) is 5.69 Å². The van der Waals surface area contributed by atoms with Crippen molar-refractivity contribution in [2.75, 3.05) is 44.7 Å². The third-order valence-corrected chi connectivity index (χ3v) is 4.22. The van der Waals surface area contributed by atoms with E-state index in [9.17, 15) is 9.59 Å². The number of hydrogen-bond acceptors (Lipinski definition) is 3. The second-order valence-corrected chi connectivity index (χ2v) is 6.16. The molecule has 2 amide bonds. The molecule has 0 radical (unpaired) electrons. The average Bonchev–Trinajstić information content (AvgIpc) is 2.54. The van der Waals surface area contributed by atoms with Crippen molar-refractivity contribution < 1.29 is 9.59 Å². The number of likely N-dealkylation sites (N-methyl/N-ethyl adjacent to an activating group) is 1. The van der Waals surface area contributed by atoms with Crippen molar-refractivity contribution in [2.24, 2.45) is 0 Å². The molecule has 6 heteroatoms. The maximum absolute atomic E-state index is 12.2. The summed E-state index contributed by atoms with van der Waals surface area (Å²) in [7, 11) is 1.61. The summed E-state index contributed by atoms with van der Waals surface area (Å²) in [5, 5.41) is 0. The monoisotopic (exact) mass is 365 g/mol. The number of anilines is 1. The Balaban J connectivity index is 1.88. The lowest BCUT2D eigenvalue weighted by molar-refractivity contribution is -0.137. The largest absolute Gasteiger partial charge is 0.368 e. The highest BCUT2D eigenvalue weighted by Crippen LogP contribution is 2.21. The third-order valence-electron chi connectivity index (χ3n) is 3.73. The molecule has 0 bridgehead atoms. The van der Waals surface area contributed by atoms with Gasteiger partial charge in [0.05, 0.1) is 6.54 Å². The summed E-state index contributed by atoms with van der Waals surface area (Å²) in [5.74, 6) is -0.257. The Morgan fingerprint density at radius 3 is 2.59 bits per heavy atom. The number of piperazine rings is 1. The Morgan fingerprint density at radius 1 is 1.32 bits per heavy atom. The first kappa shape index (κ1) is 16.5. The molecule has 1 aromatic carbocycles. The number of rotatable bonds is 4. The minimum absolute atomic E-state index is 0.0217. The van der Waals surface area contributed by atoms with E-state index >= 15 is 0 Å². The summed E-state index contributed by atoms with van der Waals surface area (Å²) >= 11 is 3.47. The van der Waals surface area contributed by atoms with Crippen LogP contribution in [0.2, 0.25) is 0 Å². The molecule has 0 aliphatic carbocycles. The highest BCUT2D eigenvalue weighted by molar-refractivity contribution is 9.10. The zero-order valence-corrected chi connectivity index (χ0v) is 14.3. The Hall–Kier alpha value is -1.82. The van der Waals surface area contributed by atoms with Gasteiger partial charge < -0.3 is 14.7 Å². The predicted molar refractivity (Wildman–Crippen MR) is 90.8 cm³/mol. The zero-order valence-electron chi connectivity index (χ0n) is 12.7. The topological polar surface area (TPSA) is 43.9 Å². The quantitative estimate of drug-likeness (QED) is 0.763. The second-order valence-electron chi connectivity index (χ2n) is 5.25. The van der Waals surface area contributed by atoms with Gasteiger partial charge in [0, 0.05) is 43.4 Å². The molecule has 118 valence electrons. The summed E-state index contributed by atoms with van der Waals surface area (Å²) in [6, 6.07) is 8.15. The van der Waals surface area contributed by atoms with Gasteiger partial charge in [-0.3, -0.25) is 9.59 Å². The van der Waals surface area contributed by atoms with E-state index in [4.69, 9.17) is 0 Å². The number of benzene rings is 1. The van der Waals surface area contributed by atoms with Crippen LogP contribution in [-0.2, 0) is 9.59 Å². The fourth-order valence-electron chi connectivity index (χ4n) is 2.42. The molecular formula is C16H20BrN3O2. The molecule has 0 aromatic heterocycles. The SMILES string of the molecule is C=CC(=O)N(C)CC(=O)N1CCN(c2cccc(Br)c2)CC1. The van der Waals surface area contributed by atoms with E-state index < -0.39 is 0 Å². The number of nitrogens with zero attached hydrogens (tertiary/aromatic N) is 3. The van der Waals surface area contributed by atoms with Gasteiger partial charge in [-0.15, -0.1) is 0 Å². The van der Waals surface area contributed by atoms with E-state index in [2.05, 4.69) is 39.5 Å². The van der Waals surface area contributed by atoms with Crippen molar-refractivity contribution in [1.82, 2.24) is 9.80 Å². The molecule has 1 fully saturated rings. The molecule has 0 saturated carbocycles. The van der Waals surface area contributed by atoms with Crippen LogP contribution in [0.15, 0.2) is 41.4 Å². The average molecular weight is 366 g/mol. The Labute approximate surface area is 139 Å². The molecule has 1 aromatic rings. The van der Waals surface area contributed by atoms with Crippen molar-refractivity contribution in [3.63, 3.8) is 0 Å². The highest BCUT2D eigenvalue weighted by Gasteiger charge is 2.22. The normalized spacial score (nSPS) is 14.6. The molecule has 1 saturated heterocycles. The molecule has 22 heavy (non-hydrogen) atoms. The Bertz CT molecular complexity index is 568. The maximum atomic E-state index is 12.2. The van der Waals surface area contributed by atoms with Crippen LogP contribution in [-0.4, -0.2) is 61.4 Å². The molecule has 0 spiro atoms. The minimum atomic E-state index is -0.235. The fourth-order valence-corrected chi connectivity index (χ4v) is 2.81. The van der Waals surface area contributed by atoms with Crippen LogP contribution in [0.3, 0.4) is 0 Å². The number of amides is 2. The first-order valence-corrected chi connectivity index (χ1v) is 7.96. The van der Waals surface area contributed by atoms with Crippen molar-refractivity contribution in [3.05, 3.63) is 41.4 Å². The van der Waals surface area contributed by atoms with Crippen LogP contribution in [0.5, 0.6) is 0 Å². The van der Waals surface area contributed by atoms with Gasteiger partial charge in [-0.1, -0.05) is 28.6 Å². The molecule has 0 N–H and O–H groups in total. The van der Waals surface area contributed by atoms with E-state index in [1.54, 1.807) is 11.9 Å². The first-order chi connectivity index (χ1) is 10.5. The van der Waals surface area contributed by atoms with Crippen molar-refractivity contribution in [3.8, 4) is 0 Å². The van der Waals surface area contributed by atoms with Gasteiger partial charge in [-0.2, -0.15) is 0 Å². The third kappa shape index (κ3) is 4.10. The molecule has 2 rings (SSSR count). The smallest absolute Gasteiger partial charge is 0.246 e. The highest BCUT2D eigenvalue weighted by atomic mass is 79.9. The summed E-state index contributed by atoms with van der Waals surface area (Å²) in [6.07, 6.45) is 1.22. The first-order valence-electron chi connectivity index (χ1n) is 7.17. The number of carbonyl (C=O) groups excluding carboxylic acids is 2. The van der Waals surface area contributed by atoms with E-state index in [1.165, 1.54) is 11.0 Å². The van der Waals surface area contributed by atoms with Gasteiger partial charge in [-0.05, 0) is 24.3 Å². The minimum Gasteiger partial charge on any atom is -0.368 e. The van der Waals surface area contributed by atoms with Gasteiger partial charge in [0.25, 0.3) is 0 Å². The molecule has 0 unspecified atom stereocenters. The predicted octanol–water partition coefficient (Wildman–Crippen LogP) is 1.74. The Morgan fingerprint density at radius 2 is 2.00 bits per heavy atom. The summed E-state index contributed by atoms with van der Waals surface area (Å²) in [5.41, 5.74) is 1.15. The lowest BCUT2D eigenvalue weighted by Gasteiger charge is -2.36. The molecular weight excluding hydrogens is 346 g/mol. The van der Waals surface area contributed by atoms with Crippen LogP contribution in [0.25, 0.3) is 0 Å². The Kier molecular flexibility index (Phi) is 5.60. The molecule has 1 aliphatic rings. The molecule has 1 aliphatic heterocycles. The van der Waals surface area contributed by atoms with Gasteiger partial charge in [0.2, 0.25) is 11.8 Å². The van der Waals surface area contributed by atoms with E-state index in [0.29, 0.717) is 13.1 Å². The van der Waals surface area contributed by atoms with Crippen LogP contribution in [0.1, 0.15) is 0 Å². The standard InChI is InChI=1S/C16H20BrN3O2/c1-3-15(21)18(2)12-16(22)20-9-7-19(8-10-20)14-6-4-5-13(17)11-14/h3-6,11H,1,7-10,12H2,2H3. The summed E-state index contributed by atoms with van der Waals surface area (Å²) in [4.78, 5) is 29.1. The van der Waals surface area contributed by atoms with Crippen LogP contribution >= 0.6 is 15.9 Å². The van der Waals surface area contributed by atoms with Gasteiger partial charge >= 0.3 is 0 Å². The maximum Gasteiger partial charge on any atom is 0.246 e. The lowest BCUT2D eigenvalue weighted by Crippen LogP contribution is -2.51. The second kappa shape index (κ2) is 7.45. The molecule has 1 heterocycles. The summed E-state index contributed by atoms with van der Waals surface area (Å²) in [6.45, 7) is 6.45. The number of carbonyl (C=O) groups is 2. The van der Waals surface area contributed by atoms with Crippen LogP contribution in [0, 0.1) is 0 Å². The van der Waals surface area contributed by atoms with Crippen molar-refractivity contribution in [2.45, 2.75) is 0 Å². The van der Waals surface area contributed by atoms with Crippen LogP contribution < -0.4 is 4.90 Å². The van der Waals surface area contributed by atoms with Crippen molar-refractivity contribution in [1.29, 1.82) is 0 Å². The molecule has 5 nitrogen and oxygen atoms in total. The molecule has 0 atom stereocenters. The lowest BCUT2D eigenvalue weighted by atomic mass is 10.2. The number of halogens is 1. The van der Waals surface area contributed by atoms with E-state index in [0.717, 1.165) is 23.2 Å². The van der Waals surface area contributed by atoms with Crippen molar-refractivity contribution >= 4 is 33.4 Å². The van der Waals surface area contributed by atoms with Gasteiger partial charge in [0.15, 0.2) is 0 Å². The number of hydrogen-bond donors (Lipinski definition) is 0. The van der Waals surface area contributed by atoms with E-state index in [1.807, 2.05) is 12.1 Å². The van der Waals surface area contributed by atoms with E-state index in [-0.39, 0.29) is 18.4 Å². The van der Waals surface area contributed by atoms with Gasteiger partial charge in [-0.25, -0.2) is 0 Å². The van der Waals surface area contributed by atoms with Gasteiger partial charge in [0.1, 0.15) is 0 Å². The fraction of sp³-hybridized carbons (Fsp3) is 0.375. The zero-order chi connectivity index (χ0) is 16.1. The summed E-state index contributed by atoms with van der Waals surface area (Å²) < 4.78 is 1.05.